The van der Waals surface area contributed by atoms with Gasteiger partial charge < -0.3 is 0 Å². The lowest BCUT2D eigenvalue weighted by Crippen LogP contribution is -1.92. The minimum Gasteiger partial charge on any atom is -0.280 e. The molecule has 98 heavy (non-hydrogen) atoms. The van der Waals surface area contributed by atoms with Crippen LogP contribution in [0.15, 0.2) is 110 Å². The molecule has 0 aliphatic rings. The fraction of sp³-hybridized carbons (Fsp3) is 0.351. The molecule has 4 N–H and O–H groups in total. The van der Waals surface area contributed by atoms with Gasteiger partial charge in [0.05, 0.1) is 35.2 Å². The Balaban J connectivity index is 0.000000131. The topological polar surface area (TPSA) is 289 Å². The van der Waals surface area contributed by atoms with Crippen LogP contribution < -0.4 is 0 Å². The van der Waals surface area contributed by atoms with Crippen molar-refractivity contribution in [1.82, 2.24) is 120 Å². The number of aromatic amines is 4. The Labute approximate surface area is 571 Å². The third kappa shape index (κ3) is 17.1. The first-order valence-electron chi connectivity index (χ1n) is 33.6. The Bertz CT molecular complexity index is 5260. The van der Waals surface area contributed by atoms with Crippen LogP contribution in [0.3, 0.4) is 0 Å². The van der Waals surface area contributed by atoms with E-state index < -0.39 is 0 Å². The number of hydrogen-bond acceptors (Lipinski definition) is 16. The molecule has 0 bridgehead atoms. The van der Waals surface area contributed by atoms with Gasteiger partial charge in [0.1, 0.15) is 0 Å². The summed E-state index contributed by atoms with van der Waals surface area (Å²) in [5, 5.41) is 54.1. The number of aromatic nitrogens is 24. The smallest absolute Gasteiger partial charge is 0.181 e. The van der Waals surface area contributed by atoms with Crippen LogP contribution in [0.2, 0.25) is 0 Å². The van der Waals surface area contributed by atoms with Crippen LogP contribution in [0.25, 0.3) is 88.3 Å². The maximum Gasteiger partial charge on any atom is 0.181 e. The minimum atomic E-state index is 0.810. The van der Waals surface area contributed by atoms with E-state index in [1.54, 1.807) is 12.4 Å². The third-order valence-corrected chi connectivity index (χ3v) is 16.7. The van der Waals surface area contributed by atoms with Gasteiger partial charge in [-0.3, -0.25) is 39.1 Å². The molecule has 24 nitrogen and oxygen atoms in total. The summed E-state index contributed by atoms with van der Waals surface area (Å²) in [5.41, 5.74) is 23.7. The van der Waals surface area contributed by atoms with Crippen molar-refractivity contribution in [2.24, 2.45) is 28.2 Å². The summed E-state index contributed by atoms with van der Waals surface area (Å²) in [7, 11) is 7.72. The second-order valence-corrected chi connectivity index (χ2v) is 24.0. The number of nitrogens with zero attached hydrogens (tertiary/aromatic N) is 20. The zero-order valence-electron chi connectivity index (χ0n) is 60.0. The van der Waals surface area contributed by atoms with Gasteiger partial charge in [0.15, 0.2) is 45.2 Å². The van der Waals surface area contributed by atoms with Crippen LogP contribution in [-0.2, 0) is 79.6 Å². The second kappa shape index (κ2) is 33.1. The number of H-pyrrole nitrogens is 4. The number of fused-ring (bicyclic) bond motifs is 8. The molecule has 508 valence electrons. The molecule has 24 heteroatoms. The third-order valence-electron chi connectivity index (χ3n) is 16.7. The largest absolute Gasteiger partial charge is 0.280 e. The molecule has 0 amide bonds. The Hall–Kier alpha value is -11.0. The Kier molecular flexibility index (Phi) is 24.1. The number of hydrogen-bond donors (Lipinski definition) is 4. The Morgan fingerprint density at radius 3 is 1.17 bits per heavy atom. The molecule has 16 rings (SSSR count). The number of aryl methyl sites for hydroxylation is 18. The average molecular weight is 1320 g/mol. The summed E-state index contributed by atoms with van der Waals surface area (Å²) >= 11 is 0. The molecular weight excluding hydrogens is 1220 g/mol. The predicted molar refractivity (Wildman–Crippen MR) is 393 cm³/mol. The zero-order valence-corrected chi connectivity index (χ0v) is 60.0. The van der Waals surface area contributed by atoms with Crippen LogP contribution in [0, 0.1) is 41.5 Å². The summed E-state index contributed by atoms with van der Waals surface area (Å²) in [6, 6.07) is 17.1. The Morgan fingerprint density at radius 2 is 0.663 bits per heavy atom. The van der Waals surface area contributed by atoms with Crippen molar-refractivity contribution in [1.29, 1.82) is 0 Å². The fourth-order valence-electron chi connectivity index (χ4n) is 11.0. The van der Waals surface area contributed by atoms with E-state index in [-0.39, 0.29) is 0 Å². The van der Waals surface area contributed by atoms with E-state index in [0.717, 1.165) is 152 Å². The van der Waals surface area contributed by atoms with Crippen molar-refractivity contribution < 1.29 is 0 Å². The maximum absolute atomic E-state index is 4.44. The molecule has 0 unspecified atom stereocenters. The molecular formula is C74H92N24. The van der Waals surface area contributed by atoms with Crippen molar-refractivity contribution >= 4 is 88.3 Å². The van der Waals surface area contributed by atoms with E-state index in [1.165, 1.54) is 66.2 Å². The van der Waals surface area contributed by atoms with E-state index in [4.69, 9.17) is 0 Å². The molecule has 0 saturated carbocycles. The highest BCUT2D eigenvalue weighted by molar-refractivity contribution is 5.82. The minimum absolute atomic E-state index is 0.810. The maximum atomic E-state index is 4.44. The van der Waals surface area contributed by atoms with Gasteiger partial charge in [0.25, 0.3) is 0 Å². The highest BCUT2D eigenvalue weighted by atomic mass is 15.3. The second-order valence-electron chi connectivity index (χ2n) is 24.0. The number of rotatable bonds is 8. The lowest BCUT2D eigenvalue weighted by atomic mass is 10.1. The van der Waals surface area contributed by atoms with Gasteiger partial charge in [0, 0.05) is 132 Å². The highest BCUT2D eigenvalue weighted by Crippen LogP contribution is 2.22. The summed E-state index contributed by atoms with van der Waals surface area (Å²) in [6.07, 6.45) is 26.7. The van der Waals surface area contributed by atoms with E-state index in [1.807, 2.05) is 137 Å². The van der Waals surface area contributed by atoms with E-state index in [9.17, 15) is 0 Å². The van der Waals surface area contributed by atoms with Crippen LogP contribution >= 0.6 is 0 Å². The first-order chi connectivity index (χ1) is 47.3. The van der Waals surface area contributed by atoms with Crippen LogP contribution in [0.1, 0.15) is 134 Å². The molecule has 0 aromatic carbocycles. The number of pyridine rings is 8. The van der Waals surface area contributed by atoms with Crippen molar-refractivity contribution in [3.8, 4) is 0 Å². The van der Waals surface area contributed by atoms with Gasteiger partial charge in [-0.05, 0) is 186 Å². The van der Waals surface area contributed by atoms with E-state index in [0.29, 0.717) is 0 Å². The van der Waals surface area contributed by atoms with Crippen LogP contribution in [-0.4, -0.2) is 120 Å². The van der Waals surface area contributed by atoms with E-state index in [2.05, 4.69) is 206 Å². The standard InChI is InChI=1S/C11H15N3.3C10H13N3.2C9H11N3.C8H9N3.C7H7N3/c1-4-8-6-9-10(5-2)13-14(3)11(9)12-7-8;1-4-8-5-9-7(2)12-13(3)10(9)11-6-8;1-4-9-8-5-7(2)6-11-10(8)13(3)12-9;1-3-7-5-8-9(4-2)12-13-10(8)11-6-7;1-6-4-8-7(2)11-12(3)9(8)10-5-6;1-3-7-4-8-6(2)11-12-9(8)10-5-7;1-2-6-3-7-5-10-11-8(7)9-4-6;1-5-2-6-4-9-10-7(6)8-3-5/h6-7H,4-5H2,1-3H3;2*5-6H,4H2,1-3H3;5-6H,3-4H2,1-2H3,(H,11,12,13);4-5H,1-3H3;4-5H,3H2,1-2H3,(H,10,11,12);3-5H,2H2,1H3,(H,9,10,11);2-4H,1H3,(H,8,9,10). The van der Waals surface area contributed by atoms with Crippen LogP contribution in [0.4, 0.5) is 0 Å². The van der Waals surface area contributed by atoms with Gasteiger partial charge in [-0.15, -0.1) is 0 Å². The molecule has 0 spiro atoms. The fourth-order valence-corrected chi connectivity index (χ4v) is 11.0. The lowest BCUT2D eigenvalue weighted by molar-refractivity contribution is 0.761. The number of nitrogens with one attached hydrogen (secondary N) is 4. The summed E-state index contributed by atoms with van der Waals surface area (Å²) < 4.78 is 7.33. The molecule has 0 saturated heterocycles. The Morgan fingerprint density at radius 1 is 0.306 bits per heavy atom. The molecule has 0 aliphatic carbocycles. The molecule has 0 fully saturated rings. The monoisotopic (exact) mass is 1320 g/mol. The van der Waals surface area contributed by atoms with Gasteiger partial charge >= 0.3 is 0 Å². The normalized spacial score (nSPS) is 10.9. The molecule has 16 heterocycles. The lowest BCUT2D eigenvalue weighted by Gasteiger charge is -1.97. The molecule has 0 radical (unpaired) electrons. The highest BCUT2D eigenvalue weighted by Gasteiger charge is 2.12. The SMILES string of the molecule is CCc1cnc2[nH]ncc2c1.CCc1cnc2c(c1)c(C)nn2C.CCc1cnc2c(c1)c(CC)nn2C.CCc1cnc2n[nH]c(C)c2c1.CCc1cnc2n[nH]c(CC)c2c1.CCc1nn(C)c2ncc(C)cc12.Cc1cnc2[nH]ncc2c1.Cc1cnc2c(c1)c(C)nn2C. The first kappa shape index (κ1) is 71.3. The van der Waals surface area contributed by atoms with Crippen molar-refractivity contribution in [3.05, 3.63) is 189 Å². The van der Waals surface area contributed by atoms with E-state index >= 15 is 0 Å². The first-order valence-corrected chi connectivity index (χ1v) is 33.6. The zero-order chi connectivity index (χ0) is 70.2. The molecule has 0 atom stereocenters. The van der Waals surface area contributed by atoms with Gasteiger partial charge in [-0.2, -0.15) is 40.8 Å². The molecule has 16 aromatic heterocycles. The quantitative estimate of drug-likeness (QED) is 0.110. The van der Waals surface area contributed by atoms with Crippen molar-refractivity contribution in [2.75, 3.05) is 0 Å². The average Bonchev–Trinajstić information content (AvgIpc) is 1.66. The molecule has 16 aromatic rings. The predicted octanol–water partition coefficient (Wildman–Crippen LogP) is 14.1. The summed E-state index contributed by atoms with van der Waals surface area (Å²) in [4.78, 5) is 34.3. The van der Waals surface area contributed by atoms with Crippen LogP contribution in [0.5, 0.6) is 0 Å². The molecule has 0 aliphatic heterocycles. The van der Waals surface area contributed by atoms with Crippen molar-refractivity contribution in [3.63, 3.8) is 0 Å². The van der Waals surface area contributed by atoms with Crippen molar-refractivity contribution in [2.45, 2.75) is 148 Å². The van der Waals surface area contributed by atoms with Gasteiger partial charge in [-0.25, -0.2) is 39.9 Å². The summed E-state index contributed by atoms with van der Waals surface area (Å²) in [5.74, 6) is 0. The van der Waals surface area contributed by atoms with Gasteiger partial charge in [0.2, 0.25) is 0 Å². The summed E-state index contributed by atoms with van der Waals surface area (Å²) in [6.45, 7) is 29.1. The van der Waals surface area contributed by atoms with Gasteiger partial charge in [-0.1, -0.05) is 55.4 Å².